The minimum atomic E-state index is 0.0805. The van der Waals surface area contributed by atoms with Crippen molar-refractivity contribution in [3.8, 4) is 0 Å². The summed E-state index contributed by atoms with van der Waals surface area (Å²) in [5.74, 6) is 0.0805. The second-order valence-corrected chi connectivity index (χ2v) is 4.62. The molecule has 0 aromatic heterocycles. The molecule has 0 aliphatic heterocycles. The van der Waals surface area contributed by atoms with E-state index in [0.717, 1.165) is 23.4 Å². The molecule has 0 aliphatic carbocycles. The summed E-state index contributed by atoms with van der Waals surface area (Å²) in [6.45, 7) is 6.65. The van der Waals surface area contributed by atoms with Crippen LogP contribution in [0.5, 0.6) is 0 Å². The van der Waals surface area contributed by atoms with Crippen molar-refractivity contribution in [2.75, 3.05) is 17.6 Å². The number of carbonyl (C=O) groups excluding carboxylic acids is 1. The quantitative estimate of drug-likeness (QED) is 0.678. The van der Waals surface area contributed by atoms with Gasteiger partial charge in [0, 0.05) is 30.4 Å². The number of nitrogens with two attached hydrogens (primary N) is 1. The number of hydrogen-bond donors (Lipinski definition) is 3. The van der Waals surface area contributed by atoms with Gasteiger partial charge in [0.25, 0.3) is 0 Å². The molecular formula is C14H23N3O. The molecule has 4 nitrogen and oxygen atoms in total. The first-order chi connectivity index (χ1) is 8.52. The number of amides is 1. The SMILES string of the molecule is CCC(C)NC(=O)CCNc1ccc(C)c(N)c1. The van der Waals surface area contributed by atoms with Crippen LogP contribution in [0.25, 0.3) is 0 Å². The zero-order chi connectivity index (χ0) is 13.5. The van der Waals surface area contributed by atoms with Crippen molar-refractivity contribution in [1.29, 1.82) is 0 Å². The van der Waals surface area contributed by atoms with Crippen LogP contribution in [0, 0.1) is 6.92 Å². The first-order valence-electron chi connectivity index (χ1n) is 6.42. The largest absolute Gasteiger partial charge is 0.398 e. The summed E-state index contributed by atoms with van der Waals surface area (Å²) in [4.78, 5) is 11.5. The van der Waals surface area contributed by atoms with Crippen LogP contribution in [-0.4, -0.2) is 18.5 Å². The average molecular weight is 249 g/mol. The zero-order valence-corrected chi connectivity index (χ0v) is 11.4. The van der Waals surface area contributed by atoms with E-state index >= 15 is 0 Å². The van der Waals surface area contributed by atoms with E-state index in [1.807, 2.05) is 32.0 Å². The molecule has 0 saturated carbocycles. The summed E-state index contributed by atoms with van der Waals surface area (Å²) in [6, 6.07) is 6.07. The fourth-order valence-corrected chi connectivity index (χ4v) is 1.52. The molecule has 1 atom stereocenters. The molecule has 1 rings (SSSR count). The van der Waals surface area contributed by atoms with Crippen molar-refractivity contribution in [2.45, 2.75) is 39.7 Å². The fourth-order valence-electron chi connectivity index (χ4n) is 1.52. The summed E-state index contributed by atoms with van der Waals surface area (Å²) in [5, 5.41) is 6.13. The van der Waals surface area contributed by atoms with Gasteiger partial charge in [-0.15, -0.1) is 0 Å². The minimum Gasteiger partial charge on any atom is -0.398 e. The van der Waals surface area contributed by atoms with E-state index in [-0.39, 0.29) is 11.9 Å². The summed E-state index contributed by atoms with van der Waals surface area (Å²) >= 11 is 0. The van der Waals surface area contributed by atoms with Crippen molar-refractivity contribution >= 4 is 17.3 Å². The highest BCUT2D eigenvalue weighted by Crippen LogP contribution is 2.16. The molecule has 0 saturated heterocycles. The molecule has 0 radical (unpaired) electrons. The smallest absolute Gasteiger partial charge is 0.221 e. The number of anilines is 2. The van der Waals surface area contributed by atoms with E-state index in [0.29, 0.717) is 13.0 Å². The lowest BCUT2D eigenvalue weighted by atomic mass is 10.2. The van der Waals surface area contributed by atoms with Crippen LogP contribution in [0.15, 0.2) is 18.2 Å². The van der Waals surface area contributed by atoms with E-state index in [1.54, 1.807) is 0 Å². The lowest BCUT2D eigenvalue weighted by Crippen LogP contribution is -2.32. The van der Waals surface area contributed by atoms with Gasteiger partial charge in [-0.1, -0.05) is 13.0 Å². The maximum absolute atomic E-state index is 11.5. The van der Waals surface area contributed by atoms with Gasteiger partial charge in [-0.25, -0.2) is 0 Å². The predicted octanol–water partition coefficient (Wildman–Crippen LogP) is 2.29. The Morgan fingerprint density at radius 3 is 2.78 bits per heavy atom. The van der Waals surface area contributed by atoms with Crippen molar-refractivity contribution in [3.05, 3.63) is 23.8 Å². The third kappa shape index (κ3) is 4.65. The number of nitrogens with one attached hydrogen (secondary N) is 2. The van der Waals surface area contributed by atoms with Crippen LogP contribution < -0.4 is 16.4 Å². The molecule has 4 N–H and O–H groups in total. The molecule has 0 fully saturated rings. The van der Waals surface area contributed by atoms with E-state index in [1.165, 1.54) is 0 Å². The number of rotatable bonds is 6. The molecule has 1 amide bonds. The van der Waals surface area contributed by atoms with E-state index in [4.69, 9.17) is 5.73 Å². The number of carbonyl (C=O) groups is 1. The van der Waals surface area contributed by atoms with Crippen LogP contribution >= 0.6 is 0 Å². The highest BCUT2D eigenvalue weighted by molar-refractivity contribution is 5.76. The molecule has 1 aromatic rings. The van der Waals surface area contributed by atoms with Crippen LogP contribution in [0.2, 0.25) is 0 Å². The first kappa shape index (κ1) is 14.4. The third-order valence-electron chi connectivity index (χ3n) is 2.98. The normalized spacial score (nSPS) is 11.9. The summed E-state index contributed by atoms with van der Waals surface area (Å²) in [6.07, 6.45) is 1.42. The third-order valence-corrected chi connectivity index (χ3v) is 2.98. The Morgan fingerprint density at radius 2 is 2.17 bits per heavy atom. The number of benzene rings is 1. The lowest BCUT2D eigenvalue weighted by Gasteiger charge is -2.12. The number of aryl methyl sites for hydroxylation is 1. The van der Waals surface area contributed by atoms with Crippen LogP contribution in [0.4, 0.5) is 11.4 Å². The molecular weight excluding hydrogens is 226 g/mol. The summed E-state index contributed by atoms with van der Waals surface area (Å²) in [5.41, 5.74) is 8.60. The minimum absolute atomic E-state index is 0.0805. The standard InChI is InChI=1S/C14H23N3O/c1-4-11(3)17-14(18)7-8-16-12-6-5-10(2)13(15)9-12/h5-6,9,11,16H,4,7-8,15H2,1-3H3,(H,17,18). The van der Waals surface area contributed by atoms with E-state index < -0.39 is 0 Å². The zero-order valence-electron chi connectivity index (χ0n) is 11.4. The first-order valence-corrected chi connectivity index (χ1v) is 6.42. The highest BCUT2D eigenvalue weighted by Gasteiger charge is 2.04. The molecule has 1 aromatic carbocycles. The monoisotopic (exact) mass is 249 g/mol. The van der Waals surface area contributed by atoms with Crippen LogP contribution in [0.1, 0.15) is 32.3 Å². The summed E-state index contributed by atoms with van der Waals surface area (Å²) in [7, 11) is 0. The molecule has 4 heteroatoms. The topological polar surface area (TPSA) is 67.2 Å². The van der Waals surface area contributed by atoms with Gasteiger partial charge in [0.2, 0.25) is 5.91 Å². The Labute approximate surface area is 109 Å². The Bertz CT molecular complexity index is 404. The Morgan fingerprint density at radius 1 is 1.44 bits per heavy atom. The van der Waals surface area contributed by atoms with E-state index in [2.05, 4.69) is 17.6 Å². The van der Waals surface area contributed by atoms with Crippen molar-refractivity contribution in [2.24, 2.45) is 0 Å². The van der Waals surface area contributed by atoms with E-state index in [9.17, 15) is 4.79 Å². The maximum atomic E-state index is 11.5. The highest BCUT2D eigenvalue weighted by atomic mass is 16.1. The van der Waals surface area contributed by atoms with Gasteiger partial charge in [-0.3, -0.25) is 4.79 Å². The van der Waals surface area contributed by atoms with Crippen molar-refractivity contribution in [3.63, 3.8) is 0 Å². The van der Waals surface area contributed by atoms with Gasteiger partial charge in [0.1, 0.15) is 0 Å². The van der Waals surface area contributed by atoms with Crippen molar-refractivity contribution < 1.29 is 4.79 Å². The molecule has 100 valence electrons. The molecule has 1 unspecified atom stereocenters. The second kappa shape index (κ2) is 6.89. The van der Waals surface area contributed by atoms with Gasteiger partial charge in [0.15, 0.2) is 0 Å². The number of hydrogen-bond acceptors (Lipinski definition) is 3. The number of nitrogen functional groups attached to an aromatic ring is 1. The van der Waals surface area contributed by atoms with Gasteiger partial charge in [-0.2, -0.15) is 0 Å². The molecule has 0 spiro atoms. The Kier molecular flexibility index (Phi) is 5.49. The van der Waals surface area contributed by atoms with Gasteiger partial charge in [-0.05, 0) is 38.0 Å². The Hall–Kier alpha value is -1.71. The lowest BCUT2D eigenvalue weighted by molar-refractivity contribution is -0.121. The van der Waals surface area contributed by atoms with Crippen LogP contribution in [-0.2, 0) is 4.79 Å². The Balaban J connectivity index is 2.33. The van der Waals surface area contributed by atoms with Gasteiger partial charge in [0.05, 0.1) is 0 Å². The van der Waals surface area contributed by atoms with Crippen LogP contribution in [0.3, 0.4) is 0 Å². The molecule has 0 bridgehead atoms. The van der Waals surface area contributed by atoms with Crippen molar-refractivity contribution in [1.82, 2.24) is 5.32 Å². The summed E-state index contributed by atoms with van der Waals surface area (Å²) < 4.78 is 0. The molecule has 0 aliphatic rings. The fraction of sp³-hybridized carbons (Fsp3) is 0.500. The van der Waals surface area contributed by atoms with Gasteiger partial charge >= 0.3 is 0 Å². The average Bonchev–Trinajstić information content (AvgIpc) is 2.33. The second-order valence-electron chi connectivity index (χ2n) is 4.62. The predicted molar refractivity (Wildman–Crippen MR) is 76.6 cm³/mol. The van der Waals surface area contributed by atoms with Gasteiger partial charge < -0.3 is 16.4 Å². The molecule has 0 heterocycles. The molecule has 18 heavy (non-hydrogen) atoms. The maximum Gasteiger partial charge on any atom is 0.221 e.